The van der Waals surface area contributed by atoms with Crippen LogP contribution in [0.1, 0.15) is 49.1 Å². The van der Waals surface area contributed by atoms with Crippen molar-refractivity contribution in [3.8, 4) is 0 Å². The Morgan fingerprint density at radius 3 is 2.50 bits per heavy atom. The molecule has 2 aromatic heterocycles. The minimum atomic E-state index is 0.464. The molecule has 2 heterocycles. The minimum Gasteiger partial charge on any atom is -0.340 e. The van der Waals surface area contributed by atoms with Crippen LogP contribution in [-0.2, 0) is 12.8 Å². The molecule has 18 heavy (non-hydrogen) atoms. The van der Waals surface area contributed by atoms with Crippen LogP contribution in [0.25, 0.3) is 0 Å². The largest absolute Gasteiger partial charge is 0.340 e. The maximum Gasteiger partial charge on any atom is 0.226 e. The zero-order valence-electron chi connectivity index (χ0n) is 10.4. The molecular formula is C12H16N4O2. The summed E-state index contributed by atoms with van der Waals surface area (Å²) in [7, 11) is 0. The van der Waals surface area contributed by atoms with Crippen LogP contribution in [0.3, 0.4) is 0 Å². The summed E-state index contributed by atoms with van der Waals surface area (Å²) in [6.45, 7) is 1.76. The summed E-state index contributed by atoms with van der Waals surface area (Å²) >= 11 is 0. The van der Waals surface area contributed by atoms with E-state index in [2.05, 4.69) is 20.3 Å². The molecule has 0 N–H and O–H groups in total. The second-order valence-corrected chi connectivity index (χ2v) is 4.87. The Kier molecular flexibility index (Phi) is 3.08. The molecule has 0 radical (unpaired) electrons. The van der Waals surface area contributed by atoms with E-state index >= 15 is 0 Å². The maximum absolute atomic E-state index is 5.26. The van der Waals surface area contributed by atoms with Gasteiger partial charge in [0.25, 0.3) is 0 Å². The lowest BCUT2D eigenvalue weighted by Gasteiger charge is -2.02. The number of rotatable bonds is 4. The van der Waals surface area contributed by atoms with Gasteiger partial charge in [-0.3, -0.25) is 0 Å². The zero-order valence-corrected chi connectivity index (χ0v) is 10.4. The lowest BCUT2D eigenvalue weighted by Crippen LogP contribution is -1.99. The molecule has 0 atom stereocenters. The lowest BCUT2D eigenvalue weighted by molar-refractivity contribution is 0.349. The molecule has 3 rings (SSSR count). The number of hydrogen-bond donors (Lipinski definition) is 0. The van der Waals surface area contributed by atoms with Gasteiger partial charge in [0.15, 0.2) is 11.6 Å². The first kappa shape index (κ1) is 11.4. The van der Waals surface area contributed by atoms with Crippen LogP contribution in [-0.4, -0.2) is 20.3 Å². The molecule has 0 unspecified atom stereocenters. The average molecular weight is 248 g/mol. The molecule has 0 amide bonds. The highest BCUT2D eigenvalue weighted by Gasteiger charge is 2.19. The predicted octanol–water partition coefficient (Wildman–Crippen LogP) is 2.08. The number of nitrogens with zero attached hydrogens (tertiary/aromatic N) is 4. The molecule has 1 aliphatic carbocycles. The summed E-state index contributed by atoms with van der Waals surface area (Å²) < 4.78 is 10.2. The molecule has 1 fully saturated rings. The van der Waals surface area contributed by atoms with Gasteiger partial charge in [-0.1, -0.05) is 23.2 Å². The minimum absolute atomic E-state index is 0.464. The normalized spacial score (nSPS) is 16.5. The lowest BCUT2D eigenvalue weighted by atomic mass is 10.0. The second kappa shape index (κ2) is 4.88. The van der Waals surface area contributed by atoms with Crippen molar-refractivity contribution in [3.63, 3.8) is 0 Å². The van der Waals surface area contributed by atoms with Crippen molar-refractivity contribution in [2.75, 3.05) is 0 Å². The van der Waals surface area contributed by atoms with Gasteiger partial charge >= 0.3 is 0 Å². The first-order valence-corrected chi connectivity index (χ1v) is 6.40. The molecular weight excluding hydrogens is 232 g/mol. The Balaban J connectivity index is 1.62. The number of aromatic nitrogens is 4. The van der Waals surface area contributed by atoms with E-state index in [1.54, 1.807) is 6.92 Å². The van der Waals surface area contributed by atoms with Gasteiger partial charge in [-0.25, -0.2) is 0 Å². The van der Waals surface area contributed by atoms with E-state index in [1.165, 1.54) is 25.7 Å². The standard InChI is InChI=1S/C12H16N4O2/c1-8-13-10(15-17-8)7-11-14-12(18-16-11)6-9-4-2-3-5-9/h9H,2-7H2,1H3. The Bertz CT molecular complexity index is 514. The van der Waals surface area contributed by atoms with E-state index in [1.807, 2.05) is 0 Å². The van der Waals surface area contributed by atoms with Crippen LogP contribution in [0.5, 0.6) is 0 Å². The van der Waals surface area contributed by atoms with Gasteiger partial charge in [-0.2, -0.15) is 9.97 Å². The number of aryl methyl sites for hydroxylation is 1. The highest BCUT2D eigenvalue weighted by molar-refractivity contribution is 4.98. The Labute approximate surface area is 105 Å². The smallest absolute Gasteiger partial charge is 0.226 e. The molecule has 0 saturated heterocycles. The van der Waals surface area contributed by atoms with Gasteiger partial charge in [-0.15, -0.1) is 0 Å². The van der Waals surface area contributed by atoms with Gasteiger partial charge in [0.05, 0.1) is 6.42 Å². The van der Waals surface area contributed by atoms with Crippen LogP contribution in [0.4, 0.5) is 0 Å². The van der Waals surface area contributed by atoms with Crippen molar-refractivity contribution in [3.05, 3.63) is 23.4 Å². The fraction of sp³-hybridized carbons (Fsp3) is 0.667. The van der Waals surface area contributed by atoms with Crippen molar-refractivity contribution < 1.29 is 9.05 Å². The third kappa shape index (κ3) is 2.57. The van der Waals surface area contributed by atoms with Gasteiger partial charge in [0.1, 0.15) is 0 Å². The topological polar surface area (TPSA) is 77.8 Å². The highest BCUT2D eigenvalue weighted by atomic mass is 16.5. The maximum atomic E-state index is 5.26. The quantitative estimate of drug-likeness (QED) is 0.824. The van der Waals surface area contributed by atoms with Crippen LogP contribution in [0, 0.1) is 12.8 Å². The van der Waals surface area contributed by atoms with E-state index in [0.717, 1.165) is 12.3 Å². The average Bonchev–Trinajstić information content (AvgIpc) is 3.04. The Morgan fingerprint density at radius 1 is 1.06 bits per heavy atom. The van der Waals surface area contributed by atoms with Crippen LogP contribution in [0.2, 0.25) is 0 Å². The van der Waals surface area contributed by atoms with E-state index in [4.69, 9.17) is 9.05 Å². The summed E-state index contributed by atoms with van der Waals surface area (Å²) in [5.74, 6) is 3.23. The van der Waals surface area contributed by atoms with E-state index in [9.17, 15) is 0 Å². The molecule has 0 aromatic carbocycles. The van der Waals surface area contributed by atoms with E-state index in [0.29, 0.717) is 29.9 Å². The van der Waals surface area contributed by atoms with Crippen LogP contribution in [0.15, 0.2) is 9.05 Å². The monoisotopic (exact) mass is 248 g/mol. The highest BCUT2D eigenvalue weighted by Crippen LogP contribution is 2.27. The molecule has 1 saturated carbocycles. The third-order valence-corrected chi connectivity index (χ3v) is 3.33. The van der Waals surface area contributed by atoms with Crippen molar-refractivity contribution in [1.82, 2.24) is 20.3 Å². The third-order valence-electron chi connectivity index (χ3n) is 3.33. The zero-order chi connectivity index (χ0) is 12.4. The summed E-state index contributed by atoms with van der Waals surface area (Å²) in [5, 5.41) is 7.77. The van der Waals surface area contributed by atoms with Crippen molar-refractivity contribution in [2.24, 2.45) is 5.92 Å². The van der Waals surface area contributed by atoms with E-state index in [-0.39, 0.29) is 0 Å². The van der Waals surface area contributed by atoms with Crippen molar-refractivity contribution in [2.45, 2.75) is 45.4 Å². The van der Waals surface area contributed by atoms with Gasteiger partial charge < -0.3 is 9.05 Å². The fourth-order valence-corrected chi connectivity index (χ4v) is 2.46. The summed E-state index contributed by atoms with van der Waals surface area (Å²) in [6.07, 6.45) is 6.58. The Hall–Kier alpha value is -1.72. The van der Waals surface area contributed by atoms with Crippen LogP contribution < -0.4 is 0 Å². The SMILES string of the molecule is Cc1nc(Cc2noc(CC3CCCC3)n2)no1. The van der Waals surface area contributed by atoms with Crippen LogP contribution >= 0.6 is 0 Å². The molecule has 2 aromatic rings. The predicted molar refractivity (Wildman–Crippen MR) is 61.8 cm³/mol. The number of hydrogen-bond acceptors (Lipinski definition) is 6. The summed E-state index contributed by atoms with van der Waals surface area (Å²) in [4.78, 5) is 8.50. The summed E-state index contributed by atoms with van der Waals surface area (Å²) in [6, 6.07) is 0. The second-order valence-electron chi connectivity index (χ2n) is 4.87. The summed E-state index contributed by atoms with van der Waals surface area (Å²) in [5.41, 5.74) is 0. The molecule has 0 spiro atoms. The first-order valence-electron chi connectivity index (χ1n) is 6.40. The van der Waals surface area contributed by atoms with Crippen molar-refractivity contribution >= 4 is 0 Å². The fourth-order valence-electron chi connectivity index (χ4n) is 2.46. The van der Waals surface area contributed by atoms with Gasteiger partial charge in [0, 0.05) is 13.3 Å². The van der Waals surface area contributed by atoms with Gasteiger partial charge in [0.2, 0.25) is 11.8 Å². The van der Waals surface area contributed by atoms with Crippen molar-refractivity contribution in [1.29, 1.82) is 0 Å². The molecule has 0 bridgehead atoms. The molecule has 0 aliphatic heterocycles. The molecule has 1 aliphatic rings. The first-order chi connectivity index (χ1) is 8.79. The molecule has 6 heteroatoms. The van der Waals surface area contributed by atoms with Gasteiger partial charge in [-0.05, 0) is 18.8 Å². The Morgan fingerprint density at radius 2 is 1.78 bits per heavy atom. The van der Waals surface area contributed by atoms with E-state index < -0.39 is 0 Å². The molecule has 6 nitrogen and oxygen atoms in total. The molecule has 96 valence electrons.